The number of phenols is 2. The normalized spacial score (nSPS) is 12.6. The topological polar surface area (TPSA) is 86.6 Å². The van der Waals surface area contributed by atoms with Crippen LogP contribution in [0.4, 0.5) is 24.5 Å². The average Bonchev–Trinajstić information content (AvgIpc) is 2.69. The van der Waals surface area contributed by atoms with Crippen LogP contribution >= 0.6 is 0 Å². The number of halogens is 3. The number of phenolic OH excluding ortho intramolecular Hbond substituents is 2. The maximum absolute atomic E-state index is 15.3. The van der Waals surface area contributed by atoms with Crippen molar-refractivity contribution >= 4 is 22.9 Å². The molecule has 1 aliphatic carbocycles. The van der Waals surface area contributed by atoms with Gasteiger partial charge >= 0.3 is 0 Å². The molecule has 0 aromatic heterocycles. The number of nitrogens with one attached hydrogen (secondary N) is 1. The zero-order valence-electron chi connectivity index (χ0n) is 15.7. The first-order chi connectivity index (χ1) is 14.1. The van der Waals surface area contributed by atoms with E-state index in [1.54, 1.807) is 32.0 Å². The first-order valence-electron chi connectivity index (χ1n) is 8.83. The SMILES string of the molecule is Cc1cccc(C)c1Nc1c(F)c(F)c2c(c1F)C(=O)c1c(O)ccc(O)c1C2=O. The molecule has 3 aromatic carbocycles. The van der Waals surface area contributed by atoms with Crippen LogP contribution in [0.15, 0.2) is 30.3 Å². The highest BCUT2D eigenvalue weighted by molar-refractivity contribution is 6.30. The van der Waals surface area contributed by atoms with E-state index in [1.165, 1.54) is 0 Å². The Morgan fingerprint density at radius 3 is 1.63 bits per heavy atom. The van der Waals surface area contributed by atoms with Crippen molar-refractivity contribution in [3.8, 4) is 11.5 Å². The number of ketones is 2. The van der Waals surface area contributed by atoms with Gasteiger partial charge in [0.05, 0.1) is 22.3 Å². The average molecular weight is 413 g/mol. The van der Waals surface area contributed by atoms with Gasteiger partial charge < -0.3 is 15.5 Å². The summed E-state index contributed by atoms with van der Waals surface area (Å²) in [5.74, 6) is -8.84. The summed E-state index contributed by atoms with van der Waals surface area (Å²) in [7, 11) is 0. The van der Waals surface area contributed by atoms with E-state index >= 15 is 4.39 Å². The Morgan fingerprint density at radius 2 is 1.13 bits per heavy atom. The number of carbonyl (C=O) groups is 2. The quantitative estimate of drug-likeness (QED) is 0.329. The highest BCUT2D eigenvalue weighted by atomic mass is 19.2. The molecular formula is C22H14F3NO4. The molecule has 0 bridgehead atoms. The van der Waals surface area contributed by atoms with Crippen molar-refractivity contribution in [2.75, 3.05) is 5.32 Å². The zero-order chi connectivity index (χ0) is 21.9. The van der Waals surface area contributed by atoms with Gasteiger partial charge in [-0.05, 0) is 37.1 Å². The molecule has 8 heteroatoms. The molecule has 0 heterocycles. The van der Waals surface area contributed by atoms with Gasteiger partial charge in [0, 0.05) is 5.69 Å². The molecule has 4 rings (SSSR count). The molecule has 30 heavy (non-hydrogen) atoms. The lowest BCUT2D eigenvalue weighted by Crippen LogP contribution is -2.26. The second kappa shape index (κ2) is 6.62. The molecule has 3 aromatic rings. The van der Waals surface area contributed by atoms with E-state index in [4.69, 9.17) is 0 Å². The van der Waals surface area contributed by atoms with Gasteiger partial charge in [0.1, 0.15) is 17.2 Å². The molecule has 0 atom stereocenters. The summed E-state index contributed by atoms with van der Waals surface area (Å²) in [6.07, 6.45) is 0. The van der Waals surface area contributed by atoms with Gasteiger partial charge in [0.25, 0.3) is 0 Å². The van der Waals surface area contributed by atoms with Crippen LogP contribution in [-0.2, 0) is 0 Å². The molecule has 3 N–H and O–H groups in total. The highest BCUT2D eigenvalue weighted by Crippen LogP contribution is 2.42. The van der Waals surface area contributed by atoms with Crippen LogP contribution < -0.4 is 5.32 Å². The number of hydrogen-bond donors (Lipinski definition) is 3. The third-order valence-corrected chi connectivity index (χ3v) is 5.12. The molecule has 0 fully saturated rings. The monoisotopic (exact) mass is 413 g/mol. The summed E-state index contributed by atoms with van der Waals surface area (Å²) in [6.45, 7) is 3.34. The zero-order valence-corrected chi connectivity index (χ0v) is 15.7. The number of para-hydroxylation sites is 1. The Hall–Kier alpha value is -3.81. The smallest absolute Gasteiger partial charge is 0.201 e. The number of aryl methyl sites for hydroxylation is 2. The lowest BCUT2D eigenvalue weighted by atomic mass is 9.82. The van der Waals surface area contributed by atoms with Crippen molar-refractivity contribution in [1.82, 2.24) is 0 Å². The van der Waals surface area contributed by atoms with Crippen molar-refractivity contribution < 1.29 is 33.0 Å². The van der Waals surface area contributed by atoms with Gasteiger partial charge in [-0.15, -0.1) is 0 Å². The molecule has 0 amide bonds. The summed E-state index contributed by atoms with van der Waals surface area (Å²) in [5.41, 5.74) is -2.92. The Kier molecular flexibility index (Phi) is 4.30. The molecule has 5 nitrogen and oxygen atoms in total. The first-order valence-corrected chi connectivity index (χ1v) is 8.83. The fraction of sp³-hybridized carbons (Fsp3) is 0.0909. The second-order valence-corrected chi connectivity index (χ2v) is 6.97. The van der Waals surface area contributed by atoms with Crippen LogP contribution in [0.2, 0.25) is 0 Å². The van der Waals surface area contributed by atoms with Crippen molar-refractivity contribution in [2.45, 2.75) is 13.8 Å². The van der Waals surface area contributed by atoms with Crippen LogP contribution in [0, 0.1) is 31.3 Å². The van der Waals surface area contributed by atoms with E-state index in [0.717, 1.165) is 12.1 Å². The van der Waals surface area contributed by atoms with E-state index in [-0.39, 0.29) is 0 Å². The summed E-state index contributed by atoms with van der Waals surface area (Å²) in [4.78, 5) is 25.6. The van der Waals surface area contributed by atoms with Crippen LogP contribution in [0.3, 0.4) is 0 Å². The molecule has 0 saturated carbocycles. The Balaban J connectivity index is 2.00. The van der Waals surface area contributed by atoms with E-state index < -0.39 is 68.5 Å². The fourth-order valence-electron chi connectivity index (χ4n) is 3.62. The summed E-state index contributed by atoms with van der Waals surface area (Å²) in [5, 5.41) is 22.4. The first kappa shape index (κ1) is 19.5. The minimum atomic E-state index is -1.73. The largest absolute Gasteiger partial charge is 0.507 e. The van der Waals surface area contributed by atoms with E-state index in [9.17, 15) is 28.6 Å². The van der Waals surface area contributed by atoms with Crippen molar-refractivity contribution in [3.63, 3.8) is 0 Å². The number of aromatic hydroxyl groups is 2. The van der Waals surface area contributed by atoms with Crippen molar-refractivity contribution in [3.05, 3.63) is 81.2 Å². The predicted octanol–water partition coefficient (Wildman–Crippen LogP) is 4.65. The van der Waals surface area contributed by atoms with Gasteiger partial charge in [-0.2, -0.15) is 0 Å². The van der Waals surface area contributed by atoms with Crippen LogP contribution in [-0.4, -0.2) is 21.8 Å². The number of carbonyl (C=O) groups excluding carboxylic acids is 2. The third kappa shape index (κ3) is 2.57. The van der Waals surface area contributed by atoms with Crippen LogP contribution in [0.25, 0.3) is 0 Å². The summed E-state index contributed by atoms with van der Waals surface area (Å²) >= 11 is 0. The van der Waals surface area contributed by atoms with Crippen LogP contribution in [0.5, 0.6) is 11.5 Å². The molecule has 0 radical (unpaired) electrons. The van der Waals surface area contributed by atoms with E-state index in [1.807, 2.05) is 0 Å². The lowest BCUT2D eigenvalue weighted by molar-refractivity contribution is 0.0966. The Labute approximate surface area is 168 Å². The van der Waals surface area contributed by atoms with E-state index in [0.29, 0.717) is 16.8 Å². The molecular weight excluding hydrogens is 399 g/mol. The number of rotatable bonds is 2. The van der Waals surface area contributed by atoms with Gasteiger partial charge in [0.2, 0.25) is 11.6 Å². The summed E-state index contributed by atoms with van der Waals surface area (Å²) < 4.78 is 45.0. The minimum Gasteiger partial charge on any atom is -0.507 e. The van der Waals surface area contributed by atoms with Gasteiger partial charge in [-0.1, -0.05) is 18.2 Å². The van der Waals surface area contributed by atoms with Crippen molar-refractivity contribution in [1.29, 1.82) is 0 Å². The molecule has 0 spiro atoms. The number of hydrogen-bond acceptors (Lipinski definition) is 5. The number of benzene rings is 3. The minimum absolute atomic E-state index is 0.310. The van der Waals surface area contributed by atoms with Crippen LogP contribution in [0.1, 0.15) is 43.0 Å². The maximum atomic E-state index is 15.3. The number of fused-ring (bicyclic) bond motifs is 2. The van der Waals surface area contributed by atoms with Gasteiger partial charge in [-0.25, -0.2) is 13.2 Å². The second-order valence-electron chi connectivity index (χ2n) is 6.97. The lowest BCUT2D eigenvalue weighted by Gasteiger charge is -2.23. The molecule has 0 unspecified atom stereocenters. The fourth-order valence-corrected chi connectivity index (χ4v) is 3.62. The van der Waals surface area contributed by atoms with Crippen molar-refractivity contribution in [2.24, 2.45) is 0 Å². The van der Waals surface area contributed by atoms with Gasteiger partial charge in [0.15, 0.2) is 17.5 Å². The highest BCUT2D eigenvalue weighted by Gasteiger charge is 2.41. The standard InChI is InChI=1S/C22H14F3NO4/c1-8-4-3-5-9(2)19(8)26-20-17(24)15-14(16(23)18(20)25)21(29)12-10(27)6-7-11(28)13(12)22(15)30/h3-7,26-28H,1-2H3. The summed E-state index contributed by atoms with van der Waals surface area (Å²) in [6, 6.07) is 6.94. The molecule has 152 valence electrons. The number of anilines is 2. The van der Waals surface area contributed by atoms with Gasteiger partial charge in [-0.3, -0.25) is 9.59 Å². The molecule has 0 aliphatic heterocycles. The Bertz CT molecular complexity index is 1260. The van der Waals surface area contributed by atoms with E-state index in [2.05, 4.69) is 5.32 Å². The Morgan fingerprint density at radius 1 is 0.667 bits per heavy atom. The third-order valence-electron chi connectivity index (χ3n) is 5.12. The molecule has 0 saturated heterocycles. The molecule has 1 aliphatic rings. The predicted molar refractivity (Wildman–Crippen MR) is 102 cm³/mol. The maximum Gasteiger partial charge on any atom is 0.201 e.